The van der Waals surface area contributed by atoms with Crippen molar-refractivity contribution < 1.29 is 23.0 Å². The Kier molecular flexibility index (Phi) is 4.44. The van der Waals surface area contributed by atoms with E-state index in [1.54, 1.807) is 0 Å². The highest BCUT2D eigenvalue weighted by atomic mass is 19.1. The number of pyridine rings is 3. The number of amides is 1. The minimum Gasteiger partial charge on any atom is -0.435 e. The van der Waals surface area contributed by atoms with Crippen molar-refractivity contribution in [2.75, 3.05) is 5.73 Å². The molecule has 8 nitrogen and oxygen atoms in total. The van der Waals surface area contributed by atoms with Gasteiger partial charge in [0, 0.05) is 24.0 Å². The fourth-order valence-electron chi connectivity index (χ4n) is 2.63. The van der Waals surface area contributed by atoms with Crippen molar-refractivity contribution in [3.8, 4) is 17.4 Å². The number of ether oxygens (including phenoxy) is 2. The molecule has 0 saturated carbocycles. The molecule has 0 fully saturated rings. The molecule has 142 valence electrons. The smallest absolute Gasteiger partial charge is 0.415 e. The summed E-state index contributed by atoms with van der Waals surface area (Å²) in [6.45, 7) is 0.0317. The Morgan fingerprint density at radius 3 is 2.89 bits per heavy atom. The number of anilines is 1. The lowest BCUT2D eigenvalue weighted by atomic mass is 10.2. The highest BCUT2D eigenvalue weighted by Crippen LogP contribution is 2.31. The van der Waals surface area contributed by atoms with Crippen LogP contribution in [0.15, 0.2) is 42.9 Å². The highest BCUT2D eigenvalue weighted by molar-refractivity contribution is 5.73. The van der Waals surface area contributed by atoms with Crippen LogP contribution in [0, 0.1) is 11.6 Å². The van der Waals surface area contributed by atoms with E-state index in [4.69, 9.17) is 15.2 Å². The number of nitrogens with two attached hydrogens (primary N) is 1. The van der Waals surface area contributed by atoms with Crippen LogP contribution in [0.1, 0.15) is 11.3 Å². The van der Waals surface area contributed by atoms with Crippen LogP contribution in [-0.4, -0.2) is 25.9 Å². The number of hydrogen-bond donors (Lipinski definition) is 1. The summed E-state index contributed by atoms with van der Waals surface area (Å²) in [6, 6.07) is 5.48. The van der Waals surface area contributed by atoms with E-state index in [0.717, 1.165) is 0 Å². The standard InChI is InChI=1S/C18H13F2N5O3/c19-12-2-1-4-23-17(12)27-11-6-14-13(24-7-11)9-25(18(26)28-14)8-10-3-5-22-16(21)15(10)20/h1-7H,8-9H2,(H2,21,22). The third kappa shape index (κ3) is 3.39. The molecule has 0 radical (unpaired) electrons. The number of nitrogen functional groups attached to an aromatic ring is 1. The zero-order valence-electron chi connectivity index (χ0n) is 14.3. The van der Waals surface area contributed by atoms with Gasteiger partial charge in [-0.25, -0.2) is 23.5 Å². The summed E-state index contributed by atoms with van der Waals surface area (Å²) in [5.41, 5.74) is 6.10. The van der Waals surface area contributed by atoms with Crippen LogP contribution in [0.2, 0.25) is 0 Å². The molecule has 0 saturated heterocycles. The van der Waals surface area contributed by atoms with Gasteiger partial charge in [-0.3, -0.25) is 9.88 Å². The van der Waals surface area contributed by atoms with Crippen molar-refractivity contribution in [1.82, 2.24) is 19.9 Å². The van der Waals surface area contributed by atoms with Crippen molar-refractivity contribution in [2.45, 2.75) is 13.1 Å². The van der Waals surface area contributed by atoms with Gasteiger partial charge in [-0.2, -0.15) is 0 Å². The first kappa shape index (κ1) is 17.6. The Bertz CT molecular complexity index is 1060. The van der Waals surface area contributed by atoms with Crippen LogP contribution in [-0.2, 0) is 13.1 Å². The van der Waals surface area contributed by atoms with Crippen LogP contribution in [0.3, 0.4) is 0 Å². The van der Waals surface area contributed by atoms with Crippen molar-refractivity contribution >= 4 is 11.9 Å². The first-order chi connectivity index (χ1) is 13.5. The molecule has 0 aromatic carbocycles. The fraction of sp³-hybridized carbons (Fsp3) is 0.111. The molecular formula is C18H13F2N5O3. The molecular weight excluding hydrogens is 372 g/mol. The molecule has 0 atom stereocenters. The minimum absolute atomic E-state index is 0.0596. The molecule has 0 spiro atoms. The molecule has 28 heavy (non-hydrogen) atoms. The number of carbonyl (C=O) groups excluding carboxylic acids is 1. The number of carbonyl (C=O) groups is 1. The first-order valence-corrected chi connectivity index (χ1v) is 8.14. The van der Waals surface area contributed by atoms with Crippen LogP contribution in [0.5, 0.6) is 17.4 Å². The Labute approximate surface area is 157 Å². The quantitative estimate of drug-likeness (QED) is 0.736. The molecule has 3 aromatic rings. The van der Waals surface area contributed by atoms with Gasteiger partial charge in [-0.1, -0.05) is 0 Å². The maximum absolute atomic E-state index is 14.0. The van der Waals surface area contributed by atoms with Crippen molar-refractivity contribution in [2.24, 2.45) is 0 Å². The molecule has 0 unspecified atom stereocenters. The van der Waals surface area contributed by atoms with Gasteiger partial charge in [0.25, 0.3) is 5.88 Å². The third-order valence-electron chi connectivity index (χ3n) is 4.00. The molecule has 0 bridgehead atoms. The van der Waals surface area contributed by atoms with E-state index in [9.17, 15) is 13.6 Å². The van der Waals surface area contributed by atoms with E-state index in [2.05, 4.69) is 15.0 Å². The second-order valence-corrected chi connectivity index (χ2v) is 5.90. The topological polar surface area (TPSA) is 103 Å². The monoisotopic (exact) mass is 385 g/mol. The third-order valence-corrected chi connectivity index (χ3v) is 4.00. The van der Waals surface area contributed by atoms with Gasteiger partial charge >= 0.3 is 6.09 Å². The normalized spacial score (nSPS) is 13.1. The van der Waals surface area contributed by atoms with Gasteiger partial charge < -0.3 is 15.2 Å². The Hall–Kier alpha value is -3.82. The summed E-state index contributed by atoms with van der Waals surface area (Å²) in [6.07, 6.45) is 3.41. The van der Waals surface area contributed by atoms with E-state index >= 15 is 0 Å². The summed E-state index contributed by atoms with van der Waals surface area (Å²) in [7, 11) is 0. The molecule has 0 aliphatic carbocycles. The number of hydrogen-bond acceptors (Lipinski definition) is 7. The van der Waals surface area contributed by atoms with Gasteiger partial charge in [0.1, 0.15) is 5.69 Å². The Balaban J connectivity index is 1.53. The lowest BCUT2D eigenvalue weighted by Crippen LogP contribution is -2.37. The van der Waals surface area contributed by atoms with Crippen LogP contribution >= 0.6 is 0 Å². The predicted molar refractivity (Wildman–Crippen MR) is 92.4 cm³/mol. The maximum atomic E-state index is 14.0. The number of halogens is 2. The number of fused-ring (bicyclic) bond motifs is 1. The molecule has 1 aliphatic rings. The SMILES string of the molecule is Nc1nccc(CN2Cc3ncc(Oc4ncccc4F)cc3OC2=O)c1F. The van der Waals surface area contributed by atoms with Crippen molar-refractivity contribution in [3.63, 3.8) is 0 Å². The van der Waals surface area contributed by atoms with Crippen molar-refractivity contribution in [3.05, 3.63) is 65.7 Å². The molecule has 4 heterocycles. The molecule has 2 N–H and O–H groups in total. The minimum atomic E-state index is -0.690. The second-order valence-electron chi connectivity index (χ2n) is 5.90. The predicted octanol–water partition coefficient (Wildman–Crippen LogP) is 3.04. The van der Waals surface area contributed by atoms with Crippen LogP contribution < -0.4 is 15.2 Å². The van der Waals surface area contributed by atoms with E-state index in [-0.39, 0.29) is 41.8 Å². The fourth-order valence-corrected chi connectivity index (χ4v) is 2.63. The highest BCUT2D eigenvalue weighted by Gasteiger charge is 2.27. The molecule has 1 amide bonds. The zero-order valence-corrected chi connectivity index (χ0v) is 14.3. The average molecular weight is 385 g/mol. The van der Waals surface area contributed by atoms with E-state index in [1.165, 1.54) is 47.8 Å². The van der Waals surface area contributed by atoms with Gasteiger partial charge in [0.15, 0.2) is 29.0 Å². The Morgan fingerprint density at radius 1 is 1.21 bits per heavy atom. The number of aromatic nitrogens is 3. The summed E-state index contributed by atoms with van der Waals surface area (Å²) < 4.78 is 38.3. The van der Waals surface area contributed by atoms with Gasteiger partial charge in [0.05, 0.1) is 19.3 Å². The molecule has 1 aliphatic heterocycles. The molecule has 10 heteroatoms. The summed E-state index contributed by atoms with van der Waals surface area (Å²) >= 11 is 0. The summed E-state index contributed by atoms with van der Waals surface area (Å²) in [5, 5.41) is 0. The van der Waals surface area contributed by atoms with E-state index < -0.39 is 17.7 Å². The van der Waals surface area contributed by atoms with Crippen LogP contribution in [0.25, 0.3) is 0 Å². The molecule has 3 aromatic heterocycles. The summed E-state index contributed by atoms with van der Waals surface area (Å²) in [5.74, 6) is -1.46. The van der Waals surface area contributed by atoms with E-state index in [0.29, 0.717) is 5.69 Å². The van der Waals surface area contributed by atoms with Crippen LogP contribution in [0.4, 0.5) is 19.4 Å². The first-order valence-electron chi connectivity index (χ1n) is 8.14. The Morgan fingerprint density at radius 2 is 2.07 bits per heavy atom. The number of nitrogens with zero attached hydrogens (tertiary/aromatic N) is 4. The van der Waals surface area contributed by atoms with E-state index in [1.807, 2.05) is 0 Å². The molecule has 4 rings (SSSR count). The summed E-state index contributed by atoms with van der Waals surface area (Å²) in [4.78, 5) is 25.2. The second kappa shape index (κ2) is 7.06. The van der Waals surface area contributed by atoms with Gasteiger partial charge in [-0.05, 0) is 18.2 Å². The maximum Gasteiger partial charge on any atom is 0.415 e. The largest absolute Gasteiger partial charge is 0.435 e. The van der Waals surface area contributed by atoms with Crippen molar-refractivity contribution in [1.29, 1.82) is 0 Å². The average Bonchev–Trinajstić information content (AvgIpc) is 2.68. The van der Waals surface area contributed by atoms with Gasteiger partial charge in [0.2, 0.25) is 0 Å². The van der Waals surface area contributed by atoms with Gasteiger partial charge in [-0.15, -0.1) is 0 Å². The lowest BCUT2D eigenvalue weighted by molar-refractivity contribution is 0.133. The number of rotatable bonds is 4. The zero-order chi connectivity index (χ0) is 19.7. The lowest BCUT2D eigenvalue weighted by Gasteiger charge is -2.27.